The second-order valence-electron chi connectivity index (χ2n) is 6.89. The minimum atomic E-state index is -4.55. The molecule has 4 rings (SSSR count). The van der Waals surface area contributed by atoms with Crippen molar-refractivity contribution >= 4 is 23.2 Å². The molecule has 0 spiro atoms. The largest absolute Gasteiger partial charge is 0.489 e. The summed E-state index contributed by atoms with van der Waals surface area (Å²) in [6, 6.07) is 11.3. The quantitative estimate of drug-likeness (QED) is 0.322. The Labute approximate surface area is 191 Å². The topological polar surface area (TPSA) is 63.7 Å². The highest BCUT2D eigenvalue weighted by atomic mass is 35.5. The van der Waals surface area contributed by atoms with Gasteiger partial charge in [0.05, 0.1) is 0 Å². The molecule has 32 heavy (non-hydrogen) atoms. The standard InChI is InChI=1S/C22H15Cl2F3N4O/c1-12-9-15(32-11-14-3-2-8-28-19(14)22(25,26)27)5-6-16(12)18-20(24)31-21(30-18)13-4-7-17(23)29-10-13/h2-10H,11H2,1H3,(H,30,31). The number of ether oxygens (including phenoxy) is 1. The lowest BCUT2D eigenvalue weighted by molar-refractivity contribution is -0.142. The van der Waals surface area contributed by atoms with Crippen LogP contribution in [0.25, 0.3) is 22.6 Å². The van der Waals surface area contributed by atoms with E-state index in [1.807, 2.05) is 6.92 Å². The Hall–Kier alpha value is -3.10. The smallest absolute Gasteiger partial charge is 0.433 e. The van der Waals surface area contributed by atoms with E-state index >= 15 is 0 Å². The molecule has 164 valence electrons. The lowest BCUT2D eigenvalue weighted by Crippen LogP contribution is -2.13. The van der Waals surface area contributed by atoms with Gasteiger partial charge in [-0.1, -0.05) is 29.3 Å². The number of benzene rings is 1. The van der Waals surface area contributed by atoms with Gasteiger partial charge in [-0.05, 0) is 48.9 Å². The number of pyridine rings is 2. The molecule has 3 heterocycles. The molecule has 0 aliphatic heterocycles. The van der Waals surface area contributed by atoms with Crippen LogP contribution in [0.2, 0.25) is 10.3 Å². The van der Waals surface area contributed by atoms with Gasteiger partial charge < -0.3 is 9.72 Å². The molecule has 0 atom stereocenters. The lowest BCUT2D eigenvalue weighted by atomic mass is 10.1. The van der Waals surface area contributed by atoms with E-state index in [4.69, 9.17) is 27.9 Å². The summed E-state index contributed by atoms with van der Waals surface area (Å²) in [4.78, 5) is 15.0. The summed E-state index contributed by atoms with van der Waals surface area (Å²) in [5.74, 6) is 0.946. The summed E-state index contributed by atoms with van der Waals surface area (Å²) in [6.07, 6.45) is -1.86. The van der Waals surface area contributed by atoms with E-state index in [2.05, 4.69) is 19.9 Å². The van der Waals surface area contributed by atoms with Crippen LogP contribution < -0.4 is 4.74 Å². The molecule has 0 radical (unpaired) electrons. The molecule has 3 aromatic heterocycles. The van der Waals surface area contributed by atoms with Crippen molar-refractivity contribution < 1.29 is 17.9 Å². The molecule has 0 saturated carbocycles. The third kappa shape index (κ3) is 4.71. The van der Waals surface area contributed by atoms with E-state index in [9.17, 15) is 13.2 Å². The molecular formula is C22H15Cl2F3N4O. The molecular weight excluding hydrogens is 464 g/mol. The first kappa shape index (κ1) is 22.1. The van der Waals surface area contributed by atoms with Crippen LogP contribution in [-0.2, 0) is 12.8 Å². The van der Waals surface area contributed by atoms with Crippen molar-refractivity contribution in [2.75, 3.05) is 0 Å². The van der Waals surface area contributed by atoms with Gasteiger partial charge >= 0.3 is 6.18 Å². The zero-order valence-corrected chi connectivity index (χ0v) is 18.1. The van der Waals surface area contributed by atoms with Crippen LogP contribution in [0.5, 0.6) is 5.75 Å². The highest BCUT2D eigenvalue weighted by molar-refractivity contribution is 6.32. The normalized spacial score (nSPS) is 11.6. The van der Waals surface area contributed by atoms with Crippen LogP contribution in [0.4, 0.5) is 13.2 Å². The van der Waals surface area contributed by atoms with Crippen LogP contribution in [0.15, 0.2) is 54.9 Å². The maximum Gasteiger partial charge on any atom is 0.433 e. The van der Waals surface area contributed by atoms with Gasteiger partial charge in [-0.15, -0.1) is 0 Å². The average molecular weight is 479 g/mol. The minimum absolute atomic E-state index is 0.0432. The Balaban J connectivity index is 1.56. The maximum absolute atomic E-state index is 13.1. The first-order chi connectivity index (χ1) is 15.2. The third-order valence-corrected chi connectivity index (χ3v) is 5.16. The van der Waals surface area contributed by atoms with E-state index in [0.717, 1.165) is 22.9 Å². The molecule has 0 bridgehead atoms. The molecule has 0 unspecified atom stereocenters. The van der Waals surface area contributed by atoms with Crippen LogP contribution in [0, 0.1) is 6.92 Å². The Bertz CT molecular complexity index is 1260. The van der Waals surface area contributed by atoms with Crippen LogP contribution in [0.3, 0.4) is 0 Å². The molecule has 4 aromatic rings. The maximum atomic E-state index is 13.1. The van der Waals surface area contributed by atoms with Gasteiger partial charge in [0.25, 0.3) is 0 Å². The number of aryl methyl sites for hydroxylation is 1. The highest BCUT2D eigenvalue weighted by Gasteiger charge is 2.35. The van der Waals surface area contributed by atoms with Crippen molar-refractivity contribution in [3.63, 3.8) is 0 Å². The van der Waals surface area contributed by atoms with Gasteiger partial charge in [0.1, 0.15) is 34.2 Å². The van der Waals surface area contributed by atoms with Crippen molar-refractivity contribution in [2.45, 2.75) is 19.7 Å². The van der Waals surface area contributed by atoms with Gasteiger partial charge in [-0.3, -0.25) is 4.98 Å². The van der Waals surface area contributed by atoms with Gasteiger partial charge in [0.2, 0.25) is 0 Å². The highest BCUT2D eigenvalue weighted by Crippen LogP contribution is 2.34. The molecule has 0 aliphatic rings. The fourth-order valence-electron chi connectivity index (χ4n) is 3.15. The second-order valence-corrected chi connectivity index (χ2v) is 7.66. The molecule has 5 nitrogen and oxygen atoms in total. The number of rotatable bonds is 5. The molecule has 1 aromatic carbocycles. The predicted molar refractivity (Wildman–Crippen MR) is 116 cm³/mol. The Morgan fingerprint density at radius 1 is 1.06 bits per heavy atom. The summed E-state index contributed by atoms with van der Waals surface area (Å²) in [5, 5.41) is 0.712. The molecule has 0 amide bonds. The number of nitrogens with zero attached hydrogens (tertiary/aromatic N) is 3. The van der Waals surface area contributed by atoms with Gasteiger partial charge in [-0.25, -0.2) is 9.97 Å². The van der Waals surface area contributed by atoms with Gasteiger partial charge in [0, 0.05) is 29.1 Å². The first-order valence-electron chi connectivity index (χ1n) is 9.34. The van der Waals surface area contributed by atoms with Crippen LogP contribution in [-0.4, -0.2) is 19.9 Å². The van der Waals surface area contributed by atoms with Crippen molar-refractivity contribution in [3.8, 4) is 28.4 Å². The van der Waals surface area contributed by atoms with Crippen LogP contribution >= 0.6 is 23.2 Å². The van der Waals surface area contributed by atoms with Crippen molar-refractivity contribution in [1.82, 2.24) is 19.9 Å². The number of imidazole rings is 1. The van der Waals surface area contributed by atoms with Crippen molar-refractivity contribution in [2.24, 2.45) is 0 Å². The summed E-state index contributed by atoms with van der Waals surface area (Å²) >= 11 is 12.2. The number of aromatic amines is 1. The Morgan fingerprint density at radius 2 is 1.88 bits per heavy atom. The van der Waals surface area contributed by atoms with Gasteiger partial charge in [-0.2, -0.15) is 13.2 Å². The summed E-state index contributed by atoms with van der Waals surface area (Å²) in [7, 11) is 0. The number of alkyl halides is 3. The first-order valence-corrected chi connectivity index (χ1v) is 10.1. The van der Waals surface area contributed by atoms with Crippen molar-refractivity contribution in [3.05, 3.63) is 82.0 Å². The van der Waals surface area contributed by atoms with Gasteiger partial charge in [0.15, 0.2) is 5.69 Å². The second kappa shape index (κ2) is 8.80. The number of hydrogen-bond acceptors (Lipinski definition) is 4. The Kier molecular flexibility index (Phi) is 6.08. The van der Waals surface area contributed by atoms with E-state index in [1.165, 1.54) is 12.1 Å². The fraction of sp³-hybridized carbons (Fsp3) is 0.136. The molecule has 1 N–H and O–H groups in total. The van der Waals surface area contributed by atoms with Crippen molar-refractivity contribution in [1.29, 1.82) is 0 Å². The predicted octanol–water partition coefficient (Wildman–Crippen LogP) is 6.75. The number of halogens is 5. The monoisotopic (exact) mass is 478 g/mol. The Morgan fingerprint density at radius 3 is 2.56 bits per heavy atom. The number of hydrogen-bond donors (Lipinski definition) is 1. The van der Waals surface area contributed by atoms with E-state index < -0.39 is 11.9 Å². The molecule has 0 aliphatic carbocycles. The van der Waals surface area contributed by atoms with E-state index in [1.54, 1.807) is 36.5 Å². The summed E-state index contributed by atoms with van der Waals surface area (Å²) in [5.41, 5.74) is 1.80. The average Bonchev–Trinajstić information content (AvgIpc) is 3.13. The number of H-pyrrole nitrogens is 1. The molecule has 0 fully saturated rings. The third-order valence-electron chi connectivity index (χ3n) is 4.67. The zero-order valence-electron chi connectivity index (χ0n) is 16.5. The number of aromatic nitrogens is 4. The molecule has 10 heteroatoms. The summed E-state index contributed by atoms with van der Waals surface area (Å²) in [6.45, 7) is 1.57. The number of nitrogens with one attached hydrogen (secondary N) is 1. The van der Waals surface area contributed by atoms with E-state index in [-0.39, 0.29) is 12.2 Å². The van der Waals surface area contributed by atoms with E-state index in [0.29, 0.717) is 27.6 Å². The molecule has 0 saturated heterocycles. The fourth-order valence-corrected chi connectivity index (χ4v) is 3.49. The van der Waals surface area contributed by atoms with Crippen LogP contribution in [0.1, 0.15) is 16.8 Å². The minimum Gasteiger partial charge on any atom is -0.489 e. The SMILES string of the molecule is Cc1cc(OCc2cccnc2C(F)(F)F)ccc1-c1nc(-c2ccc(Cl)nc2)[nH]c1Cl. The zero-order chi connectivity index (χ0) is 22.9. The lowest BCUT2D eigenvalue weighted by Gasteiger charge is -2.13. The summed E-state index contributed by atoms with van der Waals surface area (Å²) < 4.78 is 44.9.